The van der Waals surface area contributed by atoms with Gasteiger partial charge in [0, 0.05) is 16.5 Å². The number of hydrogen-bond acceptors (Lipinski definition) is 3. The van der Waals surface area contributed by atoms with Crippen molar-refractivity contribution in [1.29, 1.82) is 0 Å². The smallest absolute Gasteiger partial charge is 0.248 e. The van der Waals surface area contributed by atoms with Gasteiger partial charge in [-0.2, -0.15) is 0 Å². The lowest BCUT2D eigenvalue weighted by Crippen LogP contribution is -2.44. The molecular weight excluding hydrogens is 417 g/mol. The molecule has 0 aliphatic rings. The van der Waals surface area contributed by atoms with E-state index in [9.17, 15) is 9.18 Å². The first kappa shape index (κ1) is 22.5. The van der Waals surface area contributed by atoms with Gasteiger partial charge in [-0.3, -0.25) is 15.6 Å². The molecule has 0 heterocycles. The third kappa shape index (κ3) is 7.30. The average molecular weight is 440 g/mol. The number of carbonyl (C=O) groups is 1. The molecular formula is C20H23ClFN3OS2. The summed E-state index contributed by atoms with van der Waals surface area (Å²) in [7, 11) is 0. The minimum Gasteiger partial charge on any atom is -0.331 e. The van der Waals surface area contributed by atoms with Crippen molar-refractivity contribution in [3.8, 4) is 0 Å². The fourth-order valence-corrected chi connectivity index (χ4v) is 3.66. The average Bonchev–Trinajstić information content (AvgIpc) is 2.68. The first-order valence-electron chi connectivity index (χ1n) is 8.86. The number of hydrazine groups is 1. The number of anilines is 1. The van der Waals surface area contributed by atoms with Crippen LogP contribution < -0.4 is 16.2 Å². The van der Waals surface area contributed by atoms with Crippen LogP contribution >= 0.6 is 35.6 Å². The van der Waals surface area contributed by atoms with Crippen LogP contribution in [0.25, 0.3) is 0 Å². The van der Waals surface area contributed by atoms with Crippen LogP contribution in [0.1, 0.15) is 37.3 Å². The number of amides is 1. The number of rotatable bonds is 7. The Morgan fingerprint density at radius 2 is 1.93 bits per heavy atom. The molecule has 0 fully saturated rings. The molecule has 0 radical (unpaired) electrons. The second kappa shape index (κ2) is 11.2. The van der Waals surface area contributed by atoms with Crippen molar-refractivity contribution < 1.29 is 9.18 Å². The quantitative estimate of drug-likeness (QED) is 0.406. The van der Waals surface area contributed by atoms with E-state index in [1.54, 1.807) is 6.07 Å². The van der Waals surface area contributed by atoms with Crippen molar-refractivity contribution >= 4 is 52.3 Å². The van der Waals surface area contributed by atoms with Gasteiger partial charge in [-0.05, 0) is 59.9 Å². The molecule has 4 nitrogen and oxygen atoms in total. The minimum absolute atomic E-state index is 0.215. The van der Waals surface area contributed by atoms with Crippen molar-refractivity contribution in [2.24, 2.45) is 0 Å². The van der Waals surface area contributed by atoms with Crippen LogP contribution in [0, 0.1) is 5.82 Å². The number of nitrogens with one attached hydrogen (secondary N) is 3. The van der Waals surface area contributed by atoms with Crippen LogP contribution in [0.3, 0.4) is 0 Å². The molecule has 2 aromatic rings. The molecule has 0 spiro atoms. The fraction of sp³-hybridized carbons (Fsp3) is 0.300. The Kier molecular flexibility index (Phi) is 9.02. The third-order valence-electron chi connectivity index (χ3n) is 4.17. The lowest BCUT2D eigenvalue weighted by molar-refractivity contribution is -0.119. The largest absolute Gasteiger partial charge is 0.331 e. The van der Waals surface area contributed by atoms with Gasteiger partial charge in [-0.15, -0.1) is 11.8 Å². The zero-order valence-electron chi connectivity index (χ0n) is 15.7. The highest BCUT2D eigenvalue weighted by Crippen LogP contribution is 2.22. The molecule has 1 amide bonds. The number of hydrogen-bond donors (Lipinski definition) is 3. The lowest BCUT2D eigenvalue weighted by atomic mass is 9.99. The van der Waals surface area contributed by atoms with E-state index < -0.39 is 0 Å². The number of thioether (sulfide) groups is 1. The SMILES string of the molecule is CC[C@H](C)c1ccc(NC(=S)NNC(=O)CSCc2ccc(F)cc2Cl)cc1. The molecule has 0 aromatic heterocycles. The summed E-state index contributed by atoms with van der Waals surface area (Å²) in [5.74, 6) is 0.640. The Morgan fingerprint density at radius 3 is 2.57 bits per heavy atom. The van der Waals surface area contributed by atoms with E-state index in [-0.39, 0.29) is 17.5 Å². The maximum absolute atomic E-state index is 13.0. The summed E-state index contributed by atoms with van der Waals surface area (Å²) in [5, 5.41) is 3.68. The van der Waals surface area contributed by atoms with Crippen LogP contribution in [0.2, 0.25) is 5.02 Å². The molecule has 0 saturated heterocycles. The number of thiocarbonyl (C=S) groups is 1. The molecule has 2 rings (SSSR count). The van der Waals surface area contributed by atoms with Crippen molar-refractivity contribution in [1.82, 2.24) is 10.9 Å². The lowest BCUT2D eigenvalue weighted by Gasteiger charge is -2.13. The Hall–Kier alpha value is -1.83. The molecule has 1 atom stereocenters. The van der Waals surface area contributed by atoms with Crippen LogP contribution in [-0.4, -0.2) is 16.8 Å². The van der Waals surface area contributed by atoms with Crippen LogP contribution in [0.5, 0.6) is 0 Å². The van der Waals surface area contributed by atoms with Gasteiger partial charge >= 0.3 is 0 Å². The van der Waals surface area contributed by atoms with E-state index in [2.05, 4.69) is 42.1 Å². The van der Waals surface area contributed by atoms with E-state index in [1.165, 1.54) is 29.5 Å². The van der Waals surface area contributed by atoms with Gasteiger partial charge in [-0.1, -0.05) is 43.6 Å². The summed E-state index contributed by atoms with van der Waals surface area (Å²) < 4.78 is 13.0. The van der Waals surface area contributed by atoms with E-state index in [1.807, 2.05) is 12.1 Å². The topological polar surface area (TPSA) is 53.2 Å². The molecule has 0 aliphatic carbocycles. The van der Waals surface area contributed by atoms with Gasteiger partial charge in [0.25, 0.3) is 0 Å². The Bertz CT molecular complexity index is 818. The van der Waals surface area contributed by atoms with Crippen molar-refractivity contribution in [2.75, 3.05) is 11.1 Å². The number of carbonyl (C=O) groups excluding carboxylic acids is 1. The van der Waals surface area contributed by atoms with E-state index in [0.717, 1.165) is 17.7 Å². The molecule has 0 bridgehead atoms. The van der Waals surface area contributed by atoms with E-state index >= 15 is 0 Å². The maximum atomic E-state index is 13.0. The summed E-state index contributed by atoms with van der Waals surface area (Å²) in [6.07, 6.45) is 1.09. The molecule has 0 saturated carbocycles. The first-order valence-corrected chi connectivity index (χ1v) is 10.8. The first-order chi connectivity index (χ1) is 13.4. The van der Waals surface area contributed by atoms with Crippen LogP contribution in [-0.2, 0) is 10.5 Å². The highest BCUT2D eigenvalue weighted by Gasteiger charge is 2.07. The Labute approximate surface area is 179 Å². The molecule has 0 unspecified atom stereocenters. The summed E-state index contributed by atoms with van der Waals surface area (Å²) in [6.45, 7) is 4.34. The van der Waals surface area contributed by atoms with Gasteiger partial charge in [0.15, 0.2) is 5.11 Å². The zero-order chi connectivity index (χ0) is 20.5. The van der Waals surface area contributed by atoms with Gasteiger partial charge in [0.1, 0.15) is 5.82 Å². The van der Waals surface area contributed by atoms with Crippen molar-refractivity contribution in [3.63, 3.8) is 0 Å². The van der Waals surface area contributed by atoms with Crippen LogP contribution in [0.15, 0.2) is 42.5 Å². The Balaban J connectivity index is 1.69. The molecule has 150 valence electrons. The summed E-state index contributed by atoms with van der Waals surface area (Å²) >= 11 is 12.5. The van der Waals surface area contributed by atoms with Gasteiger partial charge in [0.05, 0.1) is 5.75 Å². The highest BCUT2D eigenvalue weighted by atomic mass is 35.5. The summed E-state index contributed by atoms with van der Waals surface area (Å²) in [5.41, 5.74) is 8.13. The zero-order valence-corrected chi connectivity index (χ0v) is 18.1. The monoisotopic (exact) mass is 439 g/mol. The van der Waals surface area contributed by atoms with Crippen LogP contribution in [0.4, 0.5) is 10.1 Å². The molecule has 2 aromatic carbocycles. The standard InChI is InChI=1S/C20H23ClFN3OS2/c1-3-13(2)14-5-8-17(9-6-14)23-20(27)25-24-19(26)12-28-11-15-4-7-16(22)10-18(15)21/h4-10,13H,3,11-12H2,1-2H3,(H,24,26)(H2,23,25,27)/t13-/m0/s1. The highest BCUT2D eigenvalue weighted by molar-refractivity contribution is 7.99. The maximum Gasteiger partial charge on any atom is 0.248 e. The number of halogens is 2. The van der Waals surface area contributed by atoms with Crippen molar-refractivity contribution in [2.45, 2.75) is 31.9 Å². The van der Waals surface area contributed by atoms with Gasteiger partial charge in [-0.25, -0.2) is 4.39 Å². The third-order valence-corrected chi connectivity index (χ3v) is 5.71. The molecule has 8 heteroatoms. The molecule has 0 aliphatic heterocycles. The minimum atomic E-state index is -0.378. The molecule has 3 N–H and O–H groups in total. The van der Waals surface area contributed by atoms with E-state index in [4.69, 9.17) is 23.8 Å². The molecule has 28 heavy (non-hydrogen) atoms. The fourth-order valence-electron chi connectivity index (χ4n) is 2.35. The summed E-state index contributed by atoms with van der Waals surface area (Å²) in [6, 6.07) is 12.3. The van der Waals surface area contributed by atoms with Gasteiger partial charge < -0.3 is 5.32 Å². The van der Waals surface area contributed by atoms with Crippen molar-refractivity contribution in [3.05, 3.63) is 64.4 Å². The summed E-state index contributed by atoms with van der Waals surface area (Å²) in [4.78, 5) is 11.9. The van der Waals surface area contributed by atoms with Gasteiger partial charge in [0.2, 0.25) is 5.91 Å². The predicted molar refractivity (Wildman–Crippen MR) is 120 cm³/mol. The second-order valence-electron chi connectivity index (χ2n) is 6.29. The number of benzene rings is 2. The second-order valence-corrected chi connectivity index (χ2v) is 8.09. The van der Waals surface area contributed by atoms with E-state index in [0.29, 0.717) is 21.8 Å². The normalized spacial score (nSPS) is 11.6. The predicted octanol–water partition coefficient (Wildman–Crippen LogP) is 5.24. The Morgan fingerprint density at radius 1 is 1.21 bits per heavy atom.